The molecule has 0 radical (unpaired) electrons. The van der Waals surface area contributed by atoms with E-state index in [9.17, 15) is 14.3 Å². The fourth-order valence-electron chi connectivity index (χ4n) is 2.66. The van der Waals surface area contributed by atoms with Crippen molar-refractivity contribution in [3.63, 3.8) is 0 Å². The quantitative estimate of drug-likeness (QED) is 0.170. The van der Waals surface area contributed by atoms with Crippen molar-refractivity contribution >= 4 is 30.0 Å². The van der Waals surface area contributed by atoms with E-state index in [-0.39, 0.29) is 32.0 Å². The number of nitrogens with zero attached hydrogens (tertiary/aromatic N) is 5. The number of ether oxygens (including phenoxy) is 1. The molecule has 1 aliphatic heterocycles. The number of aliphatic hydroxyl groups excluding tert-OH is 1. The van der Waals surface area contributed by atoms with Crippen molar-refractivity contribution < 1.29 is 19.0 Å². The molecule has 0 aliphatic carbocycles. The van der Waals surface area contributed by atoms with Crippen molar-refractivity contribution in [2.24, 2.45) is 10.9 Å². The number of hydrazone groups is 1. The number of hydrogen-bond acceptors (Lipinski definition) is 9. The number of aliphatic hydroxyl groups is 1. The van der Waals surface area contributed by atoms with E-state index in [1.165, 1.54) is 17.4 Å². The summed E-state index contributed by atoms with van der Waals surface area (Å²) in [7, 11) is 3.30. The number of rotatable bonds is 9. The molecule has 1 unspecified atom stereocenters. The number of hydrazine groups is 1. The second kappa shape index (κ2) is 9.85. The Morgan fingerprint density at radius 1 is 1.50 bits per heavy atom. The van der Waals surface area contributed by atoms with Gasteiger partial charge in [0.25, 0.3) is 6.47 Å². The first kappa shape index (κ1) is 21.4. The first-order chi connectivity index (χ1) is 13.3. The zero-order valence-electron chi connectivity index (χ0n) is 16.0. The first-order valence-electron chi connectivity index (χ1n) is 8.68. The monoisotopic (exact) mass is 395 g/mol. The molecule has 0 fully saturated rings. The van der Waals surface area contributed by atoms with E-state index >= 15 is 0 Å². The summed E-state index contributed by atoms with van der Waals surface area (Å²) in [5, 5.41) is 24.1. The average molecular weight is 395 g/mol. The van der Waals surface area contributed by atoms with Crippen molar-refractivity contribution in [2.45, 2.75) is 6.10 Å². The Morgan fingerprint density at radius 2 is 2.25 bits per heavy atom. The Morgan fingerprint density at radius 3 is 2.79 bits per heavy atom. The van der Waals surface area contributed by atoms with Crippen LogP contribution in [0.1, 0.15) is 0 Å². The molecule has 10 nitrogen and oxygen atoms in total. The third-order valence-electron chi connectivity index (χ3n) is 4.32. The molecule has 11 heteroatoms. The summed E-state index contributed by atoms with van der Waals surface area (Å²) in [6, 6.07) is 4.77. The first-order valence-corrected chi connectivity index (χ1v) is 8.68. The normalized spacial score (nSPS) is 14.6. The van der Waals surface area contributed by atoms with Gasteiger partial charge in [-0.2, -0.15) is 5.10 Å². The van der Waals surface area contributed by atoms with Gasteiger partial charge in [-0.05, 0) is 18.2 Å². The lowest BCUT2D eigenvalue weighted by atomic mass is 10.2. The number of carbonyl (C=O) groups excluding carboxylic acids is 1. The van der Waals surface area contributed by atoms with Crippen molar-refractivity contribution in [3.8, 4) is 0 Å². The molecule has 1 aromatic rings. The Labute approximate surface area is 163 Å². The predicted molar refractivity (Wildman–Crippen MR) is 105 cm³/mol. The number of amidine groups is 1. The van der Waals surface area contributed by atoms with Crippen molar-refractivity contribution in [2.75, 3.05) is 56.7 Å². The largest absolute Gasteiger partial charge is 0.460 e. The number of carbonyl (C=O) groups is 1. The van der Waals surface area contributed by atoms with Gasteiger partial charge < -0.3 is 24.7 Å². The maximum Gasteiger partial charge on any atom is 0.293 e. The van der Waals surface area contributed by atoms with E-state index in [0.717, 1.165) is 0 Å². The summed E-state index contributed by atoms with van der Waals surface area (Å²) in [4.78, 5) is 13.8. The molecule has 1 atom stereocenters. The maximum absolute atomic E-state index is 14.6. The lowest BCUT2D eigenvalue weighted by Gasteiger charge is -2.31. The number of nitrogens with one attached hydrogen (secondary N) is 1. The van der Waals surface area contributed by atoms with Crippen LogP contribution in [-0.4, -0.2) is 86.8 Å². The Bertz CT molecular complexity index is 716. The molecule has 0 saturated carbocycles. The Kier molecular flexibility index (Phi) is 7.52. The highest BCUT2D eigenvalue weighted by Crippen LogP contribution is 2.25. The van der Waals surface area contributed by atoms with Crippen molar-refractivity contribution in [1.82, 2.24) is 10.0 Å². The van der Waals surface area contributed by atoms with Crippen LogP contribution < -0.4 is 15.6 Å². The number of halogens is 1. The second-order valence-electron chi connectivity index (χ2n) is 6.42. The highest BCUT2D eigenvalue weighted by Gasteiger charge is 2.19. The standard InChI is InChI=1S/C17H26FN7O3/c1-22(8-14(10-26)28-12-27)13-3-4-16(15(18)7-13)24-5-6-25(21-11-24)9-17(19)23(2)20/h3-4,7,11-12,14,19,26H,5-6,8-10,20H2,1-2H3. The van der Waals surface area contributed by atoms with Gasteiger partial charge in [0.05, 0.1) is 31.9 Å². The molecule has 0 bridgehead atoms. The Hall–Kier alpha value is -2.92. The summed E-state index contributed by atoms with van der Waals surface area (Å²) in [6.07, 6.45) is 0.839. The topological polar surface area (TPSA) is 122 Å². The van der Waals surface area contributed by atoms with Crippen LogP contribution in [-0.2, 0) is 9.53 Å². The third-order valence-corrected chi connectivity index (χ3v) is 4.32. The van der Waals surface area contributed by atoms with E-state index < -0.39 is 11.9 Å². The van der Waals surface area contributed by atoms with Crippen LogP contribution in [0.3, 0.4) is 0 Å². The summed E-state index contributed by atoms with van der Waals surface area (Å²) in [6.45, 7) is 1.51. The molecule has 1 heterocycles. The molecular formula is C17H26FN7O3. The minimum Gasteiger partial charge on any atom is -0.460 e. The number of nitrogens with two attached hydrogens (primary N) is 1. The minimum absolute atomic E-state index is 0.226. The fraction of sp³-hybridized carbons (Fsp3) is 0.471. The molecule has 0 amide bonds. The van der Waals surface area contributed by atoms with Crippen LogP contribution in [0.5, 0.6) is 0 Å². The smallest absolute Gasteiger partial charge is 0.293 e. The predicted octanol–water partition coefficient (Wildman–Crippen LogP) is -0.356. The molecule has 1 aliphatic rings. The van der Waals surface area contributed by atoms with Crippen LogP contribution in [0.4, 0.5) is 15.8 Å². The van der Waals surface area contributed by atoms with Gasteiger partial charge in [0, 0.05) is 26.3 Å². The molecule has 4 N–H and O–H groups in total. The second-order valence-corrected chi connectivity index (χ2v) is 6.42. The molecule has 2 rings (SSSR count). The molecule has 154 valence electrons. The van der Waals surface area contributed by atoms with Gasteiger partial charge in [0.1, 0.15) is 24.1 Å². The third kappa shape index (κ3) is 5.54. The molecule has 0 aromatic heterocycles. The fourth-order valence-corrected chi connectivity index (χ4v) is 2.66. The van der Waals surface area contributed by atoms with E-state index in [1.54, 1.807) is 41.0 Å². The van der Waals surface area contributed by atoms with Crippen LogP contribution in [0.2, 0.25) is 0 Å². The lowest BCUT2D eigenvalue weighted by Crippen LogP contribution is -2.44. The SMILES string of the molecule is CN(N)C(=N)CN1CCN(c2ccc(N(C)CC(CO)OC=O)cc2F)C=N1. The van der Waals surface area contributed by atoms with Crippen molar-refractivity contribution in [3.05, 3.63) is 24.0 Å². The highest BCUT2D eigenvalue weighted by atomic mass is 19.1. The number of likely N-dealkylation sites (N-methyl/N-ethyl adjacent to an activating group) is 2. The number of hydrogen-bond donors (Lipinski definition) is 3. The zero-order valence-corrected chi connectivity index (χ0v) is 16.0. The maximum atomic E-state index is 14.6. The lowest BCUT2D eigenvalue weighted by molar-refractivity contribution is -0.134. The van der Waals surface area contributed by atoms with E-state index in [1.807, 2.05) is 0 Å². The van der Waals surface area contributed by atoms with E-state index in [4.69, 9.17) is 16.0 Å². The van der Waals surface area contributed by atoms with Crippen molar-refractivity contribution in [1.29, 1.82) is 5.41 Å². The van der Waals surface area contributed by atoms with E-state index in [2.05, 4.69) is 5.10 Å². The number of anilines is 2. The van der Waals surface area contributed by atoms with Gasteiger partial charge in [-0.15, -0.1) is 0 Å². The minimum atomic E-state index is -0.684. The summed E-state index contributed by atoms with van der Waals surface area (Å²) < 4.78 is 19.4. The summed E-state index contributed by atoms with van der Waals surface area (Å²) in [5.74, 6) is 5.32. The van der Waals surface area contributed by atoms with Gasteiger partial charge in [0.15, 0.2) is 0 Å². The molecule has 0 spiro atoms. The van der Waals surface area contributed by atoms with E-state index in [0.29, 0.717) is 24.5 Å². The molecule has 0 saturated heterocycles. The van der Waals surface area contributed by atoms with Crippen LogP contribution in [0.15, 0.2) is 23.3 Å². The Balaban J connectivity index is 2.02. The van der Waals surface area contributed by atoms with Gasteiger partial charge in [-0.3, -0.25) is 15.2 Å². The van der Waals surface area contributed by atoms with Crippen LogP contribution in [0, 0.1) is 11.2 Å². The molecule has 28 heavy (non-hydrogen) atoms. The summed E-state index contributed by atoms with van der Waals surface area (Å²) >= 11 is 0. The molecular weight excluding hydrogens is 369 g/mol. The van der Waals surface area contributed by atoms with Gasteiger partial charge in [-0.25, -0.2) is 10.2 Å². The molecule has 1 aromatic carbocycles. The number of benzene rings is 1. The zero-order chi connectivity index (χ0) is 20.7. The van der Waals surface area contributed by atoms with Gasteiger partial charge in [-0.1, -0.05) is 0 Å². The summed E-state index contributed by atoms with van der Waals surface area (Å²) in [5.41, 5.74) is 0.971. The van der Waals surface area contributed by atoms with Gasteiger partial charge >= 0.3 is 0 Å². The average Bonchev–Trinajstić information content (AvgIpc) is 2.68. The van der Waals surface area contributed by atoms with Crippen LogP contribution in [0.25, 0.3) is 0 Å². The van der Waals surface area contributed by atoms with Gasteiger partial charge in [0.2, 0.25) is 0 Å². The highest BCUT2D eigenvalue weighted by molar-refractivity contribution is 5.82. The van der Waals surface area contributed by atoms with Crippen LogP contribution >= 0.6 is 0 Å².